The van der Waals surface area contributed by atoms with Crippen LogP contribution < -0.4 is 0 Å². The third kappa shape index (κ3) is 3.41. The number of aliphatic hydroxyl groups is 3. The van der Waals surface area contributed by atoms with Gasteiger partial charge in [0.05, 0.1) is 12.7 Å². The Morgan fingerprint density at radius 2 is 1.71 bits per heavy atom. The molecule has 6 nitrogen and oxygen atoms in total. The van der Waals surface area contributed by atoms with E-state index in [0.29, 0.717) is 11.8 Å². The highest BCUT2D eigenvalue weighted by Crippen LogP contribution is 2.37. The van der Waals surface area contributed by atoms with Gasteiger partial charge in [0.1, 0.15) is 18.3 Å². The van der Waals surface area contributed by atoms with Crippen molar-refractivity contribution < 1.29 is 29.5 Å². The summed E-state index contributed by atoms with van der Waals surface area (Å²) in [6.45, 7) is 8.40. The second-order valence-electron chi connectivity index (χ2n) is 6.41. The molecule has 0 bridgehead atoms. The molecule has 0 aromatic rings. The van der Waals surface area contributed by atoms with Gasteiger partial charge in [-0.1, -0.05) is 27.7 Å². The molecule has 9 atom stereocenters. The summed E-state index contributed by atoms with van der Waals surface area (Å²) in [5.74, 6) is 0.981. The van der Waals surface area contributed by atoms with Crippen molar-refractivity contribution in [2.45, 2.75) is 71.1 Å². The largest absolute Gasteiger partial charge is 0.388 e. The van der Waals surface area contributed by atoms with Crippen LogP contribution in [0.2, 0.25) is 0 Å². The van der Waals surface area contributed by atoms with Crippen LogP contribution in [0.4, 0.5) is 0 Å². The van der Waals surface area contributed by atoms with Crippen LogP contribution in [0.1, 0.15) is 34.1 Å². The van der Waals surface area contributed by atoms with Crippen LogP contribution in [0.15, 0.2) is 0 Å². The first-order chi connectivity index (χ1) is 9.86. The third-order valence-electron chi connectivity index (χ3n) is 5.12. The summed E-state index contributed by atoms with van der Waals surface area (Å²) in [7, 11) is 0. The van der Waals surface area contributed by atoms with E-state index < -0.39 is 30.9 Å². The van der Waals surface area contributed by atoms with Gasteiger partial charge in [-0.05, 0) is 18.3 Å². The van der Waals surface area contributed by atoms with Gasteiger partial charge in [-0.25, -0.2) is 0 Å². The second-order valence-corrected chi connectivity index (χ2v) is 6.41. The van der Waals surface area contributed by atoms with Gasteiger partial charge in [0.25, 0.3) is 0 Å². The van der Waals surface area contributed by atoms with Crippen molar-refractivity contribution in [3.63, 3.8) is 0 Å². The average molecular weight is 304 g/mol. The van der Waals surface area contributed by atoms with Gasteiger partial charge in [-0.3, -0.25) is 0 Å². The monoisotopic (exact) mass is 304 g/mol. The first kappa shape index (κ1) is 17.1. The molecule has 2 rings (SSSR count). The lowest BCUT2D eigenvalue weighted by atomic mass is 9.78. The zero-order valence-electron chi connectivity index (χ0n) is 13.2. The molecular weight excluding hydrogens is 276 g/mol. The zero-order valence-corrected chi connectivity index (χ0v) is 13.2. The van der Waals surface area contributed by atoms with Crippen LogP contribution in [0.25, 0.3) is 0 Å². The maximum atomic E-state index is 9.95. The van der Waals surface area contributed by atoms with Crippen LogP contribution in [0.5, 0.6) is 0 Å². The molecule has 0 aromatic heterocycles. The van der Waals surface area contributed by atoms with Crippen LogP contribution in [0, 0.1) is 17.8 Å². The molecule has 124 valence electrons. The molecule has 0 saturated carbocycles. The minimum absolute atomic E-state index is 0.0623. The molecule has 2 fully saturated rings. The average Bonchev–Trinajstić information content (AvgIpc) is 2.47. The highest BCUT2D eigenvalue weighted by molar-refractivity contribution is 4.87. The minimum atomic E-state index is -1.34. The van der Waals surface area contributed by atoms with E-state index in [0.717, 1.165) is 6.42 Å². The Bertz CT molecular complexity index is 336. The summed E-state index contributed by atoms with van der Waals surface area (Å²) in [4.78, 5) is 0. The number of hydrogen-bond donors (Lipinski definition) is 3. The molecule has 0 radical (unpaired) electrons. The van der Waals surface area contributed by atoms with Gasteiger partial charge in [0.15, 0.2) is 12.6 Å². The lowest BCUT2D eigenvalue weighted by Crippen LogP contribution is -2.57. The Kier molecular flexibility index (Phi) is 5.62. The minimum Gasteiger partial charge on any atom is -0.388 e. The van der Waals surface area contributed by atoms with E-state index in [9.17, 15) is 15.3 Å². The lowest BCUT2D eigenvalue weighted by molar-refractivity contribution is -0.323. The molecule has 0 aliphatic carbocycles. The maximum absolute atomic E-state index is 9.95. The predicted molar refractivity (Wildman–Crippen MR) is 75.3 cm³/mol. The van der Waals surface area contributed by atoms with Gasteiger partial charge in [0.2, 0.25) is 0 Å². The Morgan fingerprint density at radius 3 is 2.33 bits per heavy atom. The summed E-state index contributed by atoms with van der Waals surface area (Å²) >= 11 is 0. The van der Waals surface area contributed by atoms with Crippen molar-refractivity contribution in [3.8, 4) is 0 Å². The summed E-state index contributed by atoms with van der Waals surface area (Å²) in [5.41, 5.74) is 0. The van der Waals surface area contributed by atoms with Gasteiger partial charge in [-0.15, -0.1) is 0 Å². The normalized spacial score (nSPS) is 51.9. The summed E-state index contributed by atoms with van der Waals surface area (Å²) in [5, 5.41) is 29.4. The molecule has 6 heteroatoms. The summed E-state index contributed by atoms with van der Waals surface area (Å²) < 4.78 is 16.7. The highest BCUT2D eigenvalue weighted by Gasteiger charge is 2.45. The topological polar surface area (TPSA) is 88.4 Å². The van der Waals surface area contributed by atoms with Gasteiger partial charge < -0.3 is 29.5 Å². The Morgan fingerprint density at radius 1 is 1.05 bits per heavy atom. The van der Waals surface area contributed by atoms with Crippen molar-refractivity contribution in [1.29, 1.82) is 0 Å². The standard InChI is InChI=1S/C15H28O6/c1-5-11-8(3)7(2)9(4)15(20-11)21-13-10(16)6-19-14(18)12(13)17/h7-18H,5-6H2,1-4H3/t7-,8+,9?,10+,11?,12?,13-,14+,15-/m0/s1. The van der Waals surface area contributed by atoms with E-state index in [4.69, 9.17) is 14.2 Å². The number of rotatable bonds is 3. The fourth-order valence-corrected chi connectivity index (χ4v) is 3.22. The van der Waals surface area contributed by atoms with Crippen molar-refractivity contribution >= 4 is 0 Å². The van der Waals surface area contributed by atoms with E-state index in [1.165, 1.54) is 0 Å². The molecule has 2 heterocycles. The molecule has 2 aliphatic heterocycles. The van der Waals surface area contributed by atoms with Crippen LogP contribution in [-0.2, 0) is 14.2 Å². The second kappa shape index (κ2) is 6.89. The van der Waals surface area contributed by atoms with Crippen LogP contribution in [0.3, 0.4) is 0 Å². The summed E-state index contributed by atoms with van der Waals surface area (Å²) in [6, 6.07) is 0. The van der Waals surface area contributed by atoms with E-state index in [-0.39, 0.29) is 18.6 Å². The highest BCUT2D eigenvalue weighted by atomic mass is 16.7. The Hall–Kier alpha value is -0.240. The van der Waals surface area contributed by atoms with E-state index in [1.54, 1.807) is 0 Å². The molecule has 2 saturated heterocycles. The fourth-order valence-electron chi connectivity index (χ4n) is 3.22. The number of ether oxygens (including phenoxy) is 3. The fraction of sp³-hybridized carbons (Fsp3) is 1.00. The molecule has 21 heavy (non-hydrogen) atoms. The molecule has 0 aromatic carbocycles. The zero-order chi connectivity index (χ0) is 15.7. The van der Waals surface area contributed by atoms with Crippen molar-refractivity contribution in [1.82, 2.24) is 0 Å². The predicted octanol–water partition coefficient (Wildman–Crippen LogP) is 0.485. The summed E-state index contributed by atoms with van der Waals surface area (Å²) in [6.07, 6.45) is -4.01. The first-order valence-corrected chi connectivity index (χ1v) is 7.83. The van der Waals surface area contributed by atoms with Crippen molar-refractivity contribution in [2.24, 2.45) is 17.8 Å². The Labute approximate surface area is 126 Å². The molecule has 0 amide bonds. The quantitative estimate of drug-likeness (QED) is 0.703. The van der Waals surface area contributed by atoms with Crippen molar-refractivity contribution in [3.05, 3.63) is 0 Å². The molecule has 3 unspecified atom stereocenters. The Balaban J connectivity index is 2.06. The number of aliphatic hydroxyl groups excluding tert-OH is 3. The van der Waals surface area contributed by atoms with E-state index in [1.807, 2.05) is 6.92 Å². The first-order valence-electron chi connectivity index (χ1n) is 7.83. The van der Waals surface area contributed by atoms with Gasteiger partial charge in [-0.2, -0.15) is 0 Å². The van der Waals surface area contributed by atoms with Crippen molar-refractivity contribution in [2.75, 3.05) is 6.61 Å². The lowest BCUT2D eigenvalue weighted by Gasteiger charge is -2.46. The van der Waals surface area contributed by atoms with Gasteiger partial charge >= 0.3 is 0 Å². The van der Waals surface area contributed by atoms with Crippen LogP contribution >= 0.6 is 0 Å². The van der Waals surface area contributed by atoms with E-state index in [2.05, 4.69) is 20.8 Å². The van der Waals surface area contributed by atoms with Crippen LogP contribution in [-0.4, -0.2) is 58.9 Å². The SMILES string of the molecule is CCC1O[C@@H](O[C@@H]2C(O)[C@H](O)OC[C@H]2O)C(C)[C@@H](C)[C@H]1C. The van der Waals surface area contributed by atoms with Gasteiger partial charge in [0, 0.05) is 5.92 Å². The molecule has 2 aliphatic rings. The molecule has 0 spiro atoms. The smallest absolute Gasteiger partial charge is 0.183 e. The maximum Gasteiger partial charge on any atom is 0.183 e. The molecular formula is C15H28O6. The van der Waals surface area contributed by atoms with E-state index >= 15 is 0 Å². The third-order valence-corrected chi connectivity index (χ3v) is 5.12. The number of hydrogen-bond acceptors (Lipinski definition) is 6. The molecule has 3 N–H and O–H groups in total.